The number of rotatable bonds is 4. The van der Waals surface area contributed by atoms with E-state index in [4.69, 9.17) is 0 Å². The number of amides is 1. The average molecular weight is 492 g/mol. The number of carbonyl (C=O) groups is 1. The Morgan fingerprint density at radius 1 is 1.22 bits per heavy atom. The monoisotopic (exact) mass is 492 g/mol. The van der Waals surface area contributed by atoms with E-state index in [-0.39, 0.29) is 6.04 Å². The van der Waals surface area contributed by atoms with Crippen molar-refractivity contribution in [2.24, 2.45) is 0 Å². The van der Waals surface area contributed by atoms with E-state index in [0.717, 1.165) is 12.8 Å². The summed E-state index contributed by atoms with van der Waals surface area (Å²) in [7, 11) is 0. The Hall–Kier alpha value is -4.95. The number of nitrogens with zero attached hydrogens (tertiary/aromatic N) is 10. The molecule has 0 radical (unpaired) electrons. The van der Waals surface area contributed by atoms with Crippen molar-refractivity contribution in [2.75, 3.05) is 18.4 Å². The lowest BCUT2D eigenvalue weighted by molar-refractivity contribution is 0.133. The molecule has 1 amide bonds. The maximum Gasteiger partial charge on any atom is 0.407 e. The minimum Gasteiger partial charge on any atom is -0.465 e. The molecule has 0 bridgehead atoms. The number of piperidine rings is 1. The molecular weight excluding hydrogens is 471 g/mol. The summed E-state index contributed by atoms with van der Waals surface area (Å²) < 4.78 is 16.9. The van der Waals surface area contributed by atoms with Crippen LogP contribution in [0.25, 0.3) is 23.0 Å². The number of carboxylic acid groups (broad SMARTS) is 1. The van der Waals surface area contributed by atoms with Gasteiger partial charge in [-0.25, -0.2) is 38.8 Å². The molecule has 1 unspecified atom stereocenters. The van der Waals surface area contributed by atoms with E-state index in [1.54, 1.807) is 22.7 Å². The van der Waals surface area contributed by atoms with E-state index in [1.165, 1.54) is 47.2 Å². The van der Waals surface area contributed by atoms with Gasteiger partial charge in [-0.3, -0.25) is 9.50 Å². The van der Waals surface area contributed by atoms with Gasteiger partial charge in [-0.2, -0.15) is 10.2 Å². The topological polar surface area (TPSA) is 168 Å². The number of H-pyrrole nitrogens is 1. The van der Waals surface area contributed by atoms with Gasteiger partial charge in [-0.1, -0.05) is 0 Å². The van der Waals surface area contributed by atoms with Gasteiger partial charge in [0.05, 0.1) is 6.20 Å². The van der Waals surface area contributed by atoms with Gasteiger partial charge in [0, 0.05) is 31.4 Å². The highest BCUT2D eigenvalue weighted by Gasteiger charge is 2.24. The largest absolute Gasteiger partial charge is 0.465 e. The van der Waals surface area contributed by atoms with Crippen LogP contribution in [0.2, 0.25) is 0 Å². The predicted octanol–water partition coefficient (Wildman–Crippen LogP) is 1.87. The summed E-state index contributed by atoms with van der Waals surface area (Å²) in [4.78, 5) is 33.7. The zero-order valence-corrected chi connectivity index (χ0v) is 18.8. The minimum absolute atomic E-state index is 0.101. The third-order valence-corrected chi connectivity index (χ3v) is 5.44. The maximum absolute atomic E-state index is 13.8. The summed E-state index contributed by atoms with van der Waals surface area (Å²) in [5.41, 5.74) is 1.07. The van der Waals surface area contributed by atoms with Gasteiger partial charge in [0.2, 0.25) is 0 Å². The summed E-state index contributed by atoms with van der Waals surface area (Å²) >= 11 is 0. The lowest BCUT2D eigenvalue weighted by Gasteiger charge is -2.31. The highest BCUT2D eigenvalue weighted by molar-refractivity contribution is 5.65. The highest BCUT2D eigenvalue weighted by atomic mass is 19.1. The number of pyridine rings is 1. The molecule has 1 aliphatic heterocycles. The predicted molar refractivity (Wildman–Crippen MR) is 124 cm³/mol. The number of hydrogen-bond acceptors (Lipinski definition) is 9. The first kappa shape index (κ1) is 22.8. The van der Waals surface area contributed by atoms with Gasteiger partial charge in [0.15, 0.2) is 11.6 Å². The van der Waals surface area contributed by atoms with E-state index < -0.39 is 11.9 Å². The zero-order chi connectivity index (χ0) is 24.9. The molecule has 1 fully saturated rings. The van der Waals surface area contributed by atoms with Crippen molar-refractivity contribution in [2.45, 2.75) is 18.9 Å². The van der Waals surface area contributed by atoms with E-state index in [0.29, 0.717) is 41.9 Å². The standard InChI is InChI=1S/C19H18FN9O2.C2H3N3/c20-12-3-4-16-22-7-14(28(16)8-12)18-25-15(6-17(26-18)29-11-21-10-23-29)24-13-2-1-5-27(9-13)19(30)31;1-3-2-5-4-1/h3-4,6-8,10-11,13H,1-2,5,9H2,(H,30,31)(H,24,25,26);1-2H,(H,3,4,5). The summed E-state index contributed by atoms with van der Waals surface area (Å²) in [6.45, 7) is 0.869. The number of aromatic nitrogens is 10. The lowest BCUT2D eigenvalue weighted by atomic mass is 10.1. The molecule has 0 spiro atoms. The molecule has 1 atom stereocenters. The Balaban J connectivity index is 0.000000477. The van der Waals surface area contributed by atoms with E-state index in [9.17, 15) is 14.3 Å². The third-order valence-electron chi connectivity index (χ3n) is 5.44. The van der Waals surface area contributed by atoms with Crippen LogP contribution in [0.15, 0.2) is 55.9 Å². The smallest absolute Gasteiger partial charge is 0.407 e. The number of nitrogens with one attached hydrogen (secondary N) is 2. The van der Waals surface area contributed by atoms with E-state index in [2.05, 4.69) is 45.5 Å². The molecule has 0 saturated carbocycles. The molecule has 1 aliphatic rings. The van der Waals surface area contributed by atoms with Crippen LogP contribution in [0, 0.1) is 5.82 Å². The number of fused-ring (bicyclic) bond motifs is 1. The van der Waals surface area contributed by atoms with Gasteiger partial charge in [-0.05, 0) is 25.0 Å². The Kier molecular flexibility index (Phi) is 6.42. The molecule has 0 aromatic carbocycles. The molecule has 6 rings (SSSR count). The second-order valence-electron chi connectivity index (χ2n) is 7.86. The van der Waals surface area contributed by atoms with Crippen molar-refractivity contribution in [1.29, 1.82) is 0 Å². The number of halogens is 1. The van der Waals surface area contributed by atoms with Gasteiger partial charge in [-0.15, -0.1) is 0 Å². The number of likely N-dealkylation sites (tertiary alicyclic amines) is 1. The van der Waals surface area contributed by atoms with Crippen molar-refractivity contribution in [3.8, 4) is 17.3 Å². The summed E-state index contributed by atoms with van der Waals surface area (Å²) in [6.07, 6.45) is 9.38. The van der Waals surface area contributed by atoms with Crippen LogP contribution in [0.5, 0.6) is 0 Å². The first-order chi connectivity index (χ1) is 17.6. The molecular formula is C21H21FN12O2. The fraction of sp³-hybridized carbons (Fsp3) is 0.238. The molecule has 36 heavy (non-hydrogen) atoms. The van der Waals surface area contributed by atoms with Crippen molar-refractivity contribution in [1.82, 2.24) is 54.2 Å². The molecule has 5 aromatic heterocycles. The second kappa shape index (κ2) is 10.1. The molecule has 1 saturated heterocycles. The van der Waals surface area contributed by atoms with Crippen molar-refractivity contribution in [3.05, 3.63) is 61.7 Å². The molecule has 0 aliphatic carbocycles. The van der Waals surface area contributed by atoms with Gasteiger partial charge >= 0.3 is 6.09 Å². The summed E-state index contributed by atoms with van der Waals surface area (Å²) in [5.74, 6) is 0.870. The van der Waals surface area contributed by atoms with Gasteiger partial charge in [0.1, 0.15) is 48.3 Å². The normalized spacial score (nSPS) is 15.4. The number of aromatic amines is 1. The Morgan fingerprint density at radius 2 is 2.14 bits per heavy atom. The maximum atomic E-state index is 13.8. The summed E-state index contributed by atoms with van der Waals surface area (Å²) in [6, 6.07) is 4.52. The van der Waals surface area contributed by atoms with E-state index in [1.807, 2.05) is 0 Å². The second-order valence-corrected chi connectivity index (χ2v) is 7.86. The molecule has 6 heterocycles. The van der Waals surface area contributed by atoms with Crippen molar-refractivity contribution >= 4 is 17.6 Å². The zero-order valence-electron chi connectivity index (χ0n) is 18.8. The average Bonchev–Trinajstić information content (AvgIpc) is 3.68. The molecule has 14 nitrogen and oxygen atoms in total. The Labute approximate surface area is 202 Å². The van der Waals surface area contributed by atoms with Crippen LogP contribution < -0.4 is 5.32 Å². The molecule has 5 aromatic rings. The first-order valence-electron chi connectivity index (χ1n) is 11.0. The number of hydrogen-bond donors (Lipinski definition) is 3. The molecule has 184 valence electrons. The van der Waals surface area contributed by atoms with Crippen LogP contribution in [-0.2, 0) is 0 Å². The molecule has 3 N–H and O–H groups in total. The fourth-order valence-electron chi connectivity index (χ4n) is 3.83. The van der Waals surface area contributed by atoms with Crippen LogP contribution in [0.1, 0.15) is 12.8 Å². The minimum atomic E-state index is -0.939. The highest BCUT2D eigenvalue weighted by Crippen LogP contribution is 2.23. The third kappa shape index (κ3) is 5.08. The van der Waals surface area contributed by atoms with E-state index >= 15 is 0 Å². The fourth-order valence-corrected chi connectivity index (χ4v) is 3.83. The SMILES string of the molecule is O=C(O)N1CCCC(Nc2cc(-n3cncn3)nc(-c3cnc4ccc(F)cn34)n2)C1.c1nc[nH]n1. The Bertz CT molecular complexity index is 1420. The van der Waals surface area contributed by atoms with Gasteiger partial charge < -0.3 is 15.3 Å². The Morgan fingerprint density at radius 3 is 2.86 bits per heavy atom. The quantitative estimate of drug-likeness (QED) is 0.337. The van der Waals surface area contributed by atoms with Gasteiger partial charge in [0.25, 0.3) is 0 Å². The van der Waals surface area contributed by atoms with Crippen molar-refractivity contribution < 1.29 is 14.3 Å². The summed E-state index contributed by atoms with van der Waals surface area (Å²) in [5, 5.41) is 22.7. The molecule has 15 heteroatoms. The number of imidazole rings is 1. The van der Waals surface area contributed by atoms with Crippen LogP contribution in [-0.4, -0.2) is 84.5 Å². The lowest BCUT2D eigenvalue weighted by Crippen LogP contribution is -2.44. The first-order valence-corrected chi connectivity index (χ1v) is 11.0. The van der Waals surface area contributed by atoms with Crippen LogP contribution in [0.4, 0.5) is 15.0 Å². The van der Waals surface area contributed by atoms with Crippen LogP contribution in [0.3, 0.4) is 0 Å². The van der Waals surface area contributed by atoms with Crippen molar-refractivity contribution in [3.63, 3.8) is 0 Å². The number of anilines is 1. The van der Waals surface area contributed by atoms with Crippen LogP contribution >= 0.6 is 0 Å².